The first-order valence-electron chi connectivity index (χ1n) is 19.7. The summed E-state index contributed by atoms with van der Waals surface area (Å²) in [7, 11) is 0. The monoisotopic (exact) mass is 739 g/mol. The molecule has 6 heterocycles. The van der Waals surface area contributed by atoms with Gasteiger partial charge in [-0.05, 0) is 59.7 Å². The summed E-state index contributed by atoms with van der Waals surface area (Å²) in [4.78, 5) is 11.1. The van der Waals surface area contributed by atoms with Gasteiger partial charge in [-0.15, -0.1) is 0 Å². The molecule has 0 spiro atoms. The molecule has 6 heteroatoms. The van der Waals surface area contributed by atoms with Crippen molar-refractivity contribution in [3.05, 3.63) is 176 Å². The zero-order chi connectivity index (χ0) is 37.6. The number of benzene rings is 8. The van der Waals surface area contributed by atoms with Crippen LogP contribution in [0.2, 0.25) is 0 Å². The maximum absolute atomic E-state index is 6.47. The molecule has 0 atom stereocenters. The lowest BCUT2D eigenvalue weighted by atomic mass is 9.94. The third-order valence-electron chi connectivity index (χ3n) is 12.4. The molecule has 0 saturated carbocycles. The van der Waals surface area contributed by atoms with E-state index in [-0.39, 0.29) is 0 Å². The minimum Gasteiger partial charge on any atom is -0.436 e. The van der Waals surface area contributed by atoms with Gasteiger partial charge in [-0.1, -0.05) is 127 Å². The van der Waals surface area contributed by atoms with Crippen LogP contribution in [0.5, 0.6) is 0 Å². The van der Waals surface area contributed by atoms with Crippen LogP contribution < -0.4 is 0 Å². The van der Waals surface area contributed by atoms with E-state index >= 15 is 0 Å². The zero-order valence-electron chi connectivity index (χ0n) is 30.9. The van der Waals surface area contributed by atoms with Gasteiger partial charge in [0.05, 0.1) is 38.8 Å². The van der Waals surface area contributed by atoms with E-state index in [1.165, 1.54) is 49.7 Å². The van der Waals surface area contributed by atoms with E-state index in [0.717, 1.165) is 65.9 Å². The molecule has 14 rings (SSSR count). The molecule has 13 aromatic rings. The standard InChI is InChI=1S/C52H29N5O/c1-2-15-31-30(14-1)32-16-3-8-23-41(32)55-45-28-39-35-19-6-11-26-44(35)57(46(39)29-40(45)37-22-13-21-36(31)49(37)55)50-51(54-52-48(53-50)38-20-7-12-27-47(38)58-52)56-42-24-9-4-17-33(42)34-18-5-10-25-43(34)56/h1-29H. The largest absolute Gasteiger partial charge is 0.436 e. The van der Waals surface area contributed by atoms with Gasteiger partial charge >= 0.3 is 0 Å². The van der Waals surface area contributed by atoms with Gasteiger partial charge in [0.1, 0.15) is 11.1 Å². The topological polar surface area (TPSA) is 53.7 Å². The lowest BCUT2D eigenvalue weighted by Gasteiger charge is -2.15. The van der Waals surface area contributed by atoms with Gasteiger partial charge in [0, 0.05) is 48.8 Å². The van der Waals surface area contributed by atoms with E-state index in [0.29, 0.717) is 11.5 Å². The Morgan fingerprint density at radius 2 is 0.828 bits per heavy atom. The van der Waals surface area contributed by atoms with Crippen molar-refractivity contribution in [1.82, 2.24) is 23.7 Å². The molecule has 0 saturated heterocycles. The van der Waals surface area contributed by atoms with Crippen molar-refractivity contribution >= 4 is 87.6 Å². The van der Waals surface area contributed by atoms with E-state index in [2.05, 4.69) is 171 Å². The van der Waals surface area contributed by atoms with E-state index in [1.54, 1.807) is 0 Å². The number of rotatable bonds is 2. The van der Waals surface area contributed by atoms with Gasteiger partial charge in [0.2, 0.25) is 5.71 Å². The number of hydrogen-bond acceptors (Lipinski definition) is 3. The van der Waals surface area contributed by atoms with Crippen molar-refractivity contribution in [3.63, 3.8) is 0 Å². The second-order valence-corrected chi connectivity index (χ2v) is 15.3. The average Bonchev–Trinajstić information content (AvgIpc) is 3.99. The molecule has 0 N–H and O–H groups in total. The summed E-state index contributed by atoms with van der Waals surface area (Å²) in [6, 6.07) is 63.1. The Morgan fingerprint density at radius 3 is 1.55 bits per heavy atom. The minimum absolute atomic E-state index is 0.508. The maximum atomic E-state index is 6.47. The number of furan rings is 1. The lowest BCUT2D eigenvalue weighted by molar-refractivity contribution is 0.651. The maximum Gasteiger partial charge on any atom is 0.248 e. The van der Waals surface area contributed by atoms with Crippen LogP contribution in [0.15, 0.2) is 180 Å². The third kappa shape index (κ3) is 3.76. The summed E-state index contributed by atoms with van der Waals surface area (Å²) in [5.74, 6) is 1.44. The highest BCUT2D eigenvalue weighted by atomic mass is 16.3. The summed E-state index contributed by atoms with van der Waals surface area (Å²) in [5, 5.41) is 7.95. The second-order valence-electron chi connectivity index (χ2n) is 15.3. The van der Waals surface area contributed by atoms with Crippen LogP contribution in [0.3, 0.4) is 0 Å². The highest BCUT2D eigenvalue weighted by Gasteiger charge is 2.28. The zero-order valence-corrected chi connectivity index (χ0v) is 30.9. The van der Waals surface area contributed by atoms with Crippen LogP contribution in [-0.4, -0.2) is 23.7 Å². The van der Waals surface area contributed by atoms with E-state index in [4.69, 9.17) is 14.4 Å². The molecule has 5 aromatic heterocycles. The SMILES string of the molecule is c1ccc2c(c1)-c1ccccc1-n1c3cc4c5ccccc5n(-c5nc6c(nc5-n5c7ccccc7c7ccccc75)oc5ccccc56)c4cc3c3cccc-2c31. The average molecular weight is 740 g/mol. The van der Waals surface area contributed by atoms with Gasteiger partial charge in [-0.25, -0.2) is 4.98 Å². The highest BCUT2D eigenvalue weighted by molar-refractivity contribution is 6.22. The molecular formula is C52H29N5O. The van der Waals surface area contributed by atoms with Crippen LogP contribution in [0.1, 0.15) is 0 Å². The highest BCUT2D eigenvalue weighted by Crippen LogP contribution is 2.48. The van der Waals surface area contributed by atoms with Crippen LogP contribution in [0.4, 0.5) is 0 Å². The van der Waals surface area contributed by atoms with Crippen molar-refractivity contribution in [3.8, 4) is 39.6 Å². The molecule has 0 amide bonds. The van der Waals surface area contributed by atoms with Gasteiger partial charge < -0.3 is 8.98 Å². The fourth-order valence-corrected chi connectivity index (χ4v) is 10.0. The van der Waals surface area contributed by atoms with Crippen molar-refractivity contribution in [2.24, 2.45) is 0 Å². The van der Waals surface area contributed by atoms with Crippen LogP contribution >= 0.6 is 0 Å². The molecule has 0 unspecified atom stereocenters. The smallest absolute Gasteiger partial charge is 0.248 e. The molecule has 0 aliphatic carbocycles. The number of hydrogen-bond donors (Lipinski definition) is 0. The summed E-state index contributed by atoms with van der Waals surface area (Å²) in [6.45, 7) is 0. The molecule has 0 radical (unpaired) electrons. The number of aromatic nitrogens is 5. The number of nitrogens with zero attached hydrogens (tertiary/aromatic N) is 5. The van der Waals surface area contributed by atoms with Gasteiger partial charge in [-0.2, -0.15) is 4.98 Å². The van der Waals surface area contributed by atoms with Crippen LogP contribution in [0.25, 0.3) is 127 Å². The summed E-state index contributed by atoms with van der Waals surface area (Å²) in [6.07, 6.45) is 0. The first-order valence-corrected chi connectivity index (χ1v) is 19.7. The predicted octanol–water partition coefficient (Wildman–Crippen LogP) is 13.3. The Kier molecular flexibility index (Phi) is 5.68. The normalized spacial score (nSPS) is 12.5. The van der Waals surface area contributed by atoms with Gasteiger partial charge in [0.15, 0.2) is 11.6 Å². The number of para-hydroxylation sites is 6. The molecule has 8 aromatic carbocycles. The van der Waals surface area contributed by atoms with Crippen molar-refractivity contribution in [1.29, 1.82) is 0 Å². The molecule has 0 fully saturated rings. The molecule has 268 valence electrons. The van der Waals surface area contributed by atoms with E-state index < -0.39 is 0 Å². The molecule has 0 bridgehead atoms. The quantitative estimate of drug-likeness (QED) is 0.177. The van der Waals surface area contributed by atoms with Gasteiger partial charge in [0.25, 0.3) is 0 Å². The van der Waals surface area contributed by atoms with Crippen molar-refractivity contribution in [2.75, 3.05) is 0 Å². The van der Waals surface area contributed by atoms with E-state index in [9.17, 15) is 0 Å². The molecule has 58 heavy (non-hydrogen) atoms. The fraction of sp³-hybridized carbons (Fsp3) is 0. The van der Waals surface area contributed by atoms with Gasteiger partial charge in [-0.3, -0.25) is 9.13 Å². The Labute approximate surface area is 330 Å². The Hall–Kier alpha value is -7.96. The molecular weight excluding hydrogens is 711 g/mol. The van der Waals surface area contributed by atoms with Crippen molar-refractivity contribution < 1.29 is 4.42 Å². The Bertz CT molecular complexity index is 3880. The summed E-state index contributed by atoms with van der Waals surface area (Å²) in [5.41, 5.74) is 14.8. The fourth-order valence-electron chi connectivity index (χ4n) is 10.0. The Morgan fingerprint density at radius 1 is 0.345 bits per heavy atom. The van der Waals surface area contributed by atoms with E-state index in [1.807, 2.05) is 18.2 Å². The Balaban J connectivity index is 1.17. The minimum atomic E-state index is 0.508. The third-order valence-corrected chi connectivity index (χ3v) is 12.4. The van der Waals surface area contributed by atoms with Crippen LogP contribution in [-0.2, 0) is 0 Å². The van der Waals surface area contributed by atoms with Crippen LogP contribution in [0, 0.1) is 0 Å². The van der Waals surface area contributed by atoms with Crippen molar-refractivity contribution in [2.45, 2.75) is 0 Å². The second kappa shape index (κ2) is 10.9. The number of fused-ring (bicyclic) bond motifs is 17. The lowest BCUT2D eigenvalue weighted by Crippen LogP contribution is -2.08. The first kappa shape index (κ1) is 30.3. The molecule has 1 aliphatic rings. The first-order chi connectivity index (χ1) is 28.8. The summed E-state index contributed by atoms with van der Waals surface area (Å²) < 4.78 is 13.6. The molecule has 6 nitrogen and oxygen atoms in total. The predicted molar refractivity (Wildman–Crippen MR) is 237 cm³/mol. The molecule has 1 aliphatic heterocycles. The summed E-state index contributed by atoms with van der Waals surface area (Å²) >= 11 is 0.